The fourth-order valence-electron chi connectivity index (χ4n) is 4.63. The summed E-state index contributed by atoms with van der Waals surface area (Å²) in [6.45, 7) is 5.84. The Labute approximate surface area is 233 Å². The molecule has 35 heavy (non-hydrogen) atoms. The SMILES string of the molecule is CCCCCCCC/C=C\CCCCCCC(C(=O)[O-])C1=C(O)C(=O)OC1C1COC(C)(C)O1.[Na+]. The fourth-order valence-corrected chi connectivity index (χ4v) is 4.63. The average molecular weight is 503 g/mol. The van der Waals surface area contributed by atoms with E-state index in [9.17, 15) is 19.8 Å². The number of unbranched alkanes of at least 4 members (excludes halogenated alkanes) is 10. The van der Waals surface area contributed by atoms with Gasteiger partial charge in [-0.05, 0) is 46.0 Å². The Morgan fingerprint density at radius 1 is 1.06 bits per heavy atom. The summed E-state index contributed by atoms with van der Waals surface area (Å²) in [5.74, 6) is -4.84. The summed E-state index contributed by atoms with van der Waals surface area (Å²) in [5, 5.41) is 22.1. The minimum absolute atomic E-state index is 0. The molecular weight excluding hydrogens is 459 g/mol. The number of hydrogen-bond acceptors (Lipinski definition) is 7. The van der Waals surface area contributed by atoms with E-state index in [0.29, 0.717) is 6.42 Å². The molecule has 2 aliphatic heterocycles. The van der Waals surface area contributed by atoms with Crippen LogP contribution in [0.5, 0.6) is 0 Å². The van der Waals surface area contributed by atoms with Crippen LogP contribution in [0.1, 0.15) is 104 Å². The van der Waals surface area contributed by atoms with Gasteiger partial charge in [-0.25, -0.2) is 4.79 Å². The second-order valence-corrected chi connectivity index (χ2v) is 9.89. The molecule has 2 rings (SSSR count). The first kappa shape index (κ1) is 32.2. The fraction of sp³-hybridized carbons (Fsp3) is 0.778. The summed E-state index contributed by atoms with van der Waals surface area (Å²) < 4.78 is 16.5. The summed E-state index contributed by atoms with van der Waals surface area (Å²) in [7, 11) is 0. The Hall–Kier alpha value is -0.860. The smallest absolute Gasteiger partial charge is 0.550 e. The molecule has 0 aliphatic carbocycles. The van der Waals surface area contributed by atoms with E-state index in [4.69, 9.17) is 14.2 Å². The van der Waals surface area contributed by atoms with Crippen LogP contribution in [-0.4, -0.2) is 41.6 Å². The van der Waals surface area contributed by atoms with E-state index >= 15 is 0 Å². The minimum atomic E-state index is -1.32. The molecule has 2 heterocycles. The van der Waals surface area contributed by atoms with Crippen molar-refractivity contribution in [1.82, 2.24) is 0 Å². The number of carboxylic acids is 1. The molecule has 0 aromatic rings. The maximum Gasteiger partial charge on any atom is 1.00 e. The van der Waals surface area contributed by atoms with E-state index in [1.165, 1.54) is 38.5 Å². The second-order valence-electron chi connectivity index (χ2n) is 9.89. The summed E-state index contributed by atoms with van der Waals surface area (Å²) in [6.07, 6.45) is 16.8. The van der Waals surface area contributed by atoms with Gasteiger partial charge in [0.05, 0.1) is 6.61 Å². The predicted molar refractivity (Wildman–Crippen MR) is 128 cm³/mol. The van der Waals surface area contributed by atoms with Crippen molar-refractivity contribution in [3.8, 4) is 0 Å². The molecule has 0 bridgehead atoms. The third-order valence-electron chi connectivity index (χ3n) is 6.54. The van der Waals surface area contributed by atoms with Crippen molar-refractivity contribution < 1.29 is 63.6 Å². The molecule has 0 saturated carbocycles. The van der Waals surface area contributed by atoms with Crippen LogP contribution < -0.4 is 34.7 Å². The number of carbonyl (C=O) groups excluding carboxylic acids is 2. The summed E-state index contributed by atoms with van der Waals surface area (Å²) >= 11 is 0. The number of cyclic esters (lactones) is 1. The largest absolute Gasteiger partial charge is 1.00 e. The molecule has 1 saturated heterocycles. The number of carbonyl (C=O) groups is 2. The number of aliphatic hydroxyl groups excluding tert-OH is 1. The van der Waals surface area contributed by atoms with Gasteiger partial charge < -0.3 is 29.2 Å². The first-order valence-corrected chi connectivity index (χ1v) is 13.1. The van der Waals surface area contributed by atoms with Gasteiger partial charge in [0, 0.05) is 17.5 Å². The maximum absolute atomic E-state index is 12.0. The maximum atomic E-state index is 12.0. The zero-order chi connectivity index (χ0) is 25.0. The third-order valence-corrected chi connectivity index (χ3v) is 6.54. The summed E-state index contributed by atoms with van der Waals surface area (Å²) in [6, 6.07) is 0. The van der Waals surface area contributed by atoms with Crippen LogP contribution in [0.3, 0.4) is 0 Å². The molecule has 7 nitrogen and oxygen atoms in total. The molecule has 3 atom stereocenters. The number of esters is 1. The van der Waals surface area contributed by atoms with Crippen molar-refractivity contribution >= 4 is 11.9 Å². The number of allylic oxidation sites excluding steroid dienone is 2. The number of ether oxygens (including phenoxy) is 3. The third kappa shape index (κ3) is 11.0. The molecule has 0 radical (unpaired) electrons. The van der Waals surface area contributed by atoms with Crippen molar-refractivity contribution in [3.63, 3.8) is 0 Å². The van der Waals surface area contributed by atoms with Crippen LogP contribution in [0.15, 0.2) is 23.5 Å². The van der Waals surface area contributed by atoms with Gasteiger partial charge in [0.2, 0.25) is 5.76 Å². The van der Waals surface area contributed by atoms with Crippen molar-refractivity contribution in [1.29, 1.82) is 0 Å². The number of carboxylic acid groups (broad SMARTS) is 1. The zero-order valence-corrected chi connectivity index (χ0v) is 24.2. The molecule has 1 N–H and O–H groups in total. The molecule has 0 aromatic carbocycles. The molecule has 0 spiro atoms. The molecule has 2 aliphatic rings. The van der Waals surface area contributed by atoms with Crippen LogP contribution >= 0.6 is 0 Å². The summed E-state index contributed by atoms with van der Waals surface area (Å²) in [5.41, 5.74) is 0.0499. The molecular formula is C27H43NaO7. The number of aliphatic carboxylic acids is 1. The quantitative estimate of drug-likeness (QED) is 0.140. The van der Waals surface area contributed by atoms with E-state index in [0.717, 1.165) is 32.1 Å². The van der Waals surface area contributed by atoms with Crippen molar-refractivity contribution in [2.24, 2.45) is 5.92 Å². The number of hydrogen-bond donors (Lipinski definition) is 1. The van der Waals surface area contributed by atoms with E-state index in [-0.39, 0.29) is 48.2 Å². The summed E-state index contributed by atoms with van der Waals surface area (Å²) in [4.78, 5) is 23.9. The van der Waals surface area contributed by atoms with Gasteiger partial charge in [-0.3, -0.25) is 0 Å². The Bertz CT molecular complexity index is 716. The second kappa shape index (κ2) is 16.8. The van der Waals surface area contributed by atoms with Gasteiger partial charge in [-0.15, -0.1) is 0 Å². The Kier molecular flexibility index (Phi) is 15.4. The van der Waals surface area contributed by atoms with Gasteiger partial charge in [0.1, 0.15) is 6.10 Å². The van der Waals surface area contributed by atoms with Crippen LogP contribution in [0.4, 0.5) is 0 Å². The van der Waals surface area contributed by atoms with Crippen molar-refractivity contribution in [2.45, 2.75) is 122 Å². The monoisotopic (exact) mass is 502 g/mol. The molecule has 3 unspecified atom stereocenters. The first-order chi connectivity index (χ1) is 16.3. The van der Waals surface area contributed by atoms with Crippen LogP contribution in [-0.2, 0) is 23.8 Å². The number of aliphatic hydroxyl groups is 1. The molecule has 1 fully saturated rings. The first-order valence-electron chi connectivity index (χ1n) is 13.1. The van der Waals surface area contributed by atoms with Gasteiger partial charge in [-0.2, -0.15) is 0 Å². The van der Waals surface area contributed by atoms with E-state index in [1.807, 2.05) is 0 Å². The van der Waals surface area contributed by atoms with Crippen LogP contribution in [0.2, 0.25) is 0 Å². The van der Waals surface area contributed by atoms with Gasteiger partial charge in [0.25, 0.3) is 0 Å². The van der Waals surface area contributed by atoms with E-state index in [2.05, 4.69) is 19.1 Å². The predicted octanol–water partition coefficient (Wildman–Crippen LogP) is 1.89. The molecule has 194 valence electrons. The van der Waals surface area contributed by atoms with Crippen molar-refractivity contribution in [2.75, 3.05) is 6.61 Å². The molecule has 8 heteroatoms. The van der Waals surface area contributed by atoms with Crippen LogP contribution in [0, 0.1) is 5.92 Å². The Balaban J connectivity index is 0.00000612. The van der Waals surface area contributed by atoms with Crippen molar-refractivity contribution in [3.05, 3.63) is 23.5 Å². The van der Waals surface area contributed by atoms with Gasteiger partial charge >= 0.3 is 35.5 Å². The normalized spacial score (nSPS) is 22.4. The van der Waals surface area contributed by atoms with Crippen LogP contribution in [0.25, 0.3) is 0 Å². The van der Waals surface area contributed by atoms with Gasteiger partial charge in [0.15, 0.2) is 11.9 Å². The zero-order valence-electron chi connectivity index (χ0n) is 22.2. The average Bonchev–Trinajstić information content (AvgIpc) is 3.29. The minimum Gasteiger partial charge on any atom is -0.550 e. The number of rotatable bonds is 17. The topological polar surface area (TPSA) is 105 Å². The van der Waals surface area contributed by atoms with E-state index in [1.54, 1.807) is 13.8 Å². The van der Waals surface area contributed by atoms with Gasteiger partial charge in [-0.1, -0.05) is 70.4 Å². The Morgan fingerprint density at radius 2 is 1.63 bits per heavy atom. The van der Waals surface area contributed by atoms with E-state index < -0.39 is 41.6 Å². The standard InChI is InChI=1S/C27H44O7.Na/c1-4-5-6-7-8-9-10-11-12-13-14-15-16-17-18-20(25(29)30)22-23(28)26(31)33-24(22)21-19-32-27(2,3)34-21;/h11-12,20-21,24,28H,4-10,13-19H2,1-3H3,(H,29,30);/q;+1/p-1/b12-11-;. The molecule has 0 aromatic heterocycles. The molecule has 0 amide bonds. The Morgan fingerprint density at radius 3 is 2.17 bits per heavy atom.